The van der Waals surface area contributed by atoms with E-state index in [9.17, 15) is 4.79 Å². The summed E-state index contributed by atoms with van der Waals surface area (Å²) in [7, 11) is 1.64. The van der Waals surface area contributed by atoms with Crippen molar-refractivity contribution in [3.05, 3.63) is 0 Å². The van der Waals surface area contributed by atoms with Crippen molar-refractivity contribution in [2.24, 2.45) is 0 Å². The molecule has 4 nitrogen and oxygen atoms in total. The molecule has 1 amide bonds. The first-order chi connectivity index (χ1) is 6.52. The summed E-state index contributed by atoms with van der Waals surface area (Å²) < 4.78 is 4.85. The number of carbonyl (C=O) groups excluding carboxylic acids is 1. The summed E-state index contributed by atoms with van der Waals surface area (Å²) in [5.74, 6) is 0.0351. The fourth-order valence-electron chi connectivity index (χ4n) is 0.886. The van der Waals surface area contributed by atoms with E-state index in [1.807, 2.05) is 13.8 Å². The molecule has 0 heterocycles. The van der Waals surface area contributed by atoms with E-state index in [4.69, 9.17) is 4.74 Å². The molecule has 0 aliphatic heterocycles. The fourth-order valence-corrected chi connectivity index (χ4v) is 0.886. The lowest BCUT2D eigenvalue weighted by Crippen LogP contribution is -2.46. The van der Waals surface area contributed by atoms with Crippen LogP contribution in [-0.2, 0) is 9.53 Å². The second-order valence-electron chi connectivity index (χ2n) is 3.96. The van der Waals surface area contributed by atoms with Gasteiger partial charge in [0.2, 0.25) is 5.91 Å². The Hall–Kier alpha value is -0.610. The van der Waals surface area contributed by atoms with E-state index in [0.717, 1.165) is 6.42 Å². The minimum atomic E-state index is -0.111. The summed E-state index contributed by atoms with van der Waals surface area (Å²) in [5, 5.41) is 5.94. The summed E-state index contributed by atoms with van der Waals surface area (Å²) in [6, 6.07) is 0. The molecule has 0 fully saturated rings. The molecule has 0 atom stereocenters. The van der Waals surface area contributed by atoms with Crippen LogP contribution in [0.2, 0.25) is 0 Å². The molecule has 0 saturated heterocycles. The Morgan fingerprint density at radius 2 is 2.07 bits per heavy atom. The van der Waals surface area contributed by atoms with Crippen LogP contribution in [0.15, 0.2) is 0 Å². The van der Waals surface area contributed by atoms with E-state index in [-0.39, 0.29) is 11.4 Å². The van der Waals surface area contributed by atoms with Crippen LogP contribution in [0.3, 0.4) is 0 Å². The van der Waals surface area contributed by atoms with Crippen molar-refractivity contribution in [3.63, 3.8) is 0 Å². The zero-order valence-corrected chi connectivity index (χ0v) is 9.64. The van der Waals surface area contributed by atoms with Gasteiger partial charge in [-0.05, 0) is 20.3 Å². The van der Waals surface area contributed by atoms with E-state index in [1.54, 1.807) is 7.11 Å². The molecule has 0 aromatic rings. The van der Waals surface area contributed by atoms with Crippen molar-refractivity contribution in [2.45, 2.75) is 32.7 Å². The van der Waals surface area contributed by atoms with E-state index in [2.05, 4.69) is 17.6 Å². The van der Waals surface area contributed by atoms with Gasteiger partial charge in [0.15, 0.2) is 0 Å². The number of hydrogen-bond acceptors (Lipinski definition) is 3. The highest BCUT2D eigenvalue weighted by molar-refractivity contribution is 5.78. The van der Waals surface area contributed by atoms with Crippen LogP contribution < -0.4 is 10.6 Å². The van der Waals surface area contributed by atoms with Gasteiger partial charge in [0.25, 0.3) is 0 Å². The predicted octanol–water partition coefficient (Wildman–Crippen LogP) is 0.527. The standard InChI is InChI=1S/C10H22N2O2/c1-5-10(2,3)12-9(13)8-11-6-7-14-4/h11H,5-8H2,1-4H3,(H,12,13). The van der Waals surface area contributed by atoms with Gasteiger partial charge in [-0.15, -0.1) is 0 Å². The largest absolute Gasteiger partial charge is 0.383 e. The van der Waals surface area contributed by atoms with Gasteiger partial charge in [0.05, 0.1) is 13.2 Å². The highest BCUT2D eigenvalue weighted by Crippen LogP contribution is 2.05. The lowest BCUT2D eigenvalue weighted by atomic mass is 10.0. The maximum absolute atomic E-state index is 11.4. The van der Waals surface area contributed by atoms with Crippen LogP contribution in [-0.4, -0.2) is 38.3 Å². The third-order valence-corrected chi connectivity index (χ3v) is 2.13. The molecule has 0 aromatic heterocycles. The normalized spacial score (nSPS) is 11.4. The maximum Gasteiger partial charge on any atom is 0.234 e. The molecule has 0 unspecified atom stereocenters. The molecule has 84 valence electrons. The topological polar surface area (TPSA) is 50.4 Å². The van der Waals surface area contributed by atoms with Crippen LogP contribution >= 0.6 is 0 Å². The van der Waals surface area contributed by atoms with Gasteiger partial charge in [-0.1, -0.05) is 6.92 Å². The van der Waals surface area contributed by atoms with Crippen molar-refractivity contribution < 1.29 is 9.53 Å². The molecule has 0 bridgehead atoms. The smallest absolute Gasteiger partial charge is 0.234 e. The first kappa shape index (κ1) is 13.4. The molecular weight excluding hydrogens is 180 g/mol. The molecule has 14 heavy (non-hydrogen) atoms. The molecule has 0 aliphatic carbocycles. The highest BCUT2D eigenvalue weighted by atomic mass is 16.5. The Kier molecular flexibility index (Phi) is 6.49. The van der Waals surface area contributed by atoms with Crippen molar-refractivity contribution in [1.82, 2.24) is 10.6 Å². The van der Waals surface area contributed by atoms with Crippen LogP contribution in [0.4, 0.5) is 0 Å². The van der Waals surface area contributed by atoms with Gasteiger partial charge in [0, 0.05) is 19.2 Å². The molecule has 0 saturated carbocycles. The van der Waals surface area contributed by atoms with E-state index in [0.29, 0.717) is 19.7 Å². The minimum Gasteiger partial charge on any atom is -0.383 e. The first-order valence-corrected chi connectivity index (χ1v) is 5.02. The number of methoxy groups -OCH3 is 1. The lowest BCUT2D eigenvalue weighted by molar-refractivity contribution is -0.121. The minimum absolute atomic E-state index is 0.0351. The molecule has 0 radical (unpaired) electrons. The molecule has 0 spiro atoms. The summed E-state index contributed by atoms with van der Waals surface area (Å²) in [5.41, 5.74) is -0.111. The fraction of sp³-hybridized carbons (Fsp3) is 0.900. The number of amides is 1. The second-order valence-corrected chi connectivity index (χ2v) is 3.96. The van der Waals surface area contributed by atoms with Gasteiger partial charge < -0.3 is 15.4 Å². The second kappa shape index (κ2) is 6.79. The van der Waals surface area contributed by atoms with E-state index >= 15 is 0 Å². The lowest BCUT2D eigenvalue weighted by Gasteiger charge is -2.24. The van der Waals surface area contributed by atoms with E-state index < -0.39 is 0 Å². The molecule has 0 aromatic carbocycles. The SMILES string of the molecule is CCC(C)(C)NC(=O)CNCCOC. The highest BCUT2D eigenvalue weighted by Gasteiger charge is 2.16. The van der Waals surface area contributed by atoms with Crippen molar-refractivity contribution in [2.75, 3.05) is 26.8 Å². The average Bonchev–Trinajstić information content (AvgIpc) is 2.12. The van der Waals surface area contributed by atoms with Crippen LogP contribution in [0.1, 0.15) is 27.2 Å². The molecular formula is C10H22N2O2. The average molecular weight is 202 g/mol. The summed E-state index contributed by atoms with van der Waals surface area (Å²) in [4.78, 5) is 11.4. The van der Waals surface area contributed by atoms with Crippen LogP contribution in [0, 0.1) is 0 Å². The number of ether oxygens (including phenoxy) is 1. The molecule has 0 aliphatic rings. The Labute approximate surface area is 86.4 Å². The Bertz CT molecular complexity index is 170. The van der Waals surface area contributed by atoms with Crippen LogP contribution in [0.5, 0.6) is 0 Å². The monoisotopic (exact) mass is 202 g/mol. The number of hydrogen-bond donors (Lipinski definition) is 2. The third kappa shape index (κ3) is 6.86. The molecule has 4 heteroatoms. The number of carbonyl (C=O) groups is 1. The number of nitrogens with one attached hydrogen (secondary N) is 2. The van der Waals surface area contributed by atoms with Gasteiger partial charge in [-0.2, -0.15) is 0 Å². The van der Waals surface area contributed by atoms with Crippen molar-refractivity contribution in [1.29, 1.82) is 0 Å². The zero-order valence-electron chi connectivity index (χ0n) is 9.64. The number of rotatable bonds is 7. The maximum atomic E-state index is 11.4. The summed E-state index contributed by atoms with van der Waals surface area (Å²) in [6.45, 7) is 7.77. The van der Waals surface area contributed by atoms with Gasteiger partial charge in [0.1, 0.15) is 0 Å². The summed E-state index contributed by atoms with van der Waals surface area (Å²) >= 11 is 0. The van der Waals surface area contributed by atoms with E-state index in [1.165, 1.54) is 0 Å². The van der Waals surface area contributed by atoms with Gasteiger partial charge >= 0.3 is 0 Å². The Morgan fingerprint density at radius 1 is 1.43 bits per heavy atom. The Balaban J connectivity index is 3.55. The Morgan fingerprint density at radius 3 is 2.57 bits per heavy atom. The van der Waals surface area contributed by atoms with Crippen molar-refractivity contribution >= 4 is 5.91 Å². The molecule has 0 rings (SSSR count). The first-order valence-electron chi connectivity index (χ1n) is 5.02. The van der Waals surface area contributed by atoms with Gasteiger partial charge in [-0.25, -0.2) is 0 Å². The van der Waals surface area contributed by atoms with Crippen LogP contribution in [0.25, 0.3) is 0 Å². The van der Waals surface area contributed by atoms with Gasteiger partial charge in [-0.3, -0.25) is 4.79 Å². The predicted molar refractivity (Wildman–Crippen MR) is 57.3 cm³/mol. The quantitative estimate of drug-likeness (QED) is 0.592. The van der Waals surface area contributed by atoms with Crippen molar-refractivity contribution in [3.8, 4) is 0 Å². The molecule has 2 N–H and O–H groups in total. The summed E-state index contributed by atoms with van der Waals surface area (Å²) in [6.07, 6.45) is 0.927. The zero-order chi connectivity index (χ0) is 11.0. The third-order valence-electron chi connectivity index (χ3n) is 2.13.